The predicted octanol–water partition coefficient (Wildman–Crippen LogP) is 4.25. The zero-order chi connectivity index (χ0) is 22.0. The van der Waals surface area contributed by atoms with Gasteiger partial charge in [-0.15, -0.1) is 0 Å². The van der Waals surface area contributed by atoms with E-state index in [1.165, 1.54) is 0 Å². The highest BCUT2D eigenvalue weighted by Crippen LogP contribution is 2.34. The van der Waals surface area contributed by atoms with Gasteiger partial charge in [0.15, 0.2) is 0 Å². The highest BCUT2D eigenvalue weighted by Gasteiger charge is 2.36. The zero-order valence-electron chi connectivity index (χ0n) is 17.1. The van der Waals surface area contributed by atoms with E-state index in [1.54, 1.807) is 30.3 Å². The molecule has 7 nitrogen and oxygen atoms in total. The van der Waals surface area contributed by atoms with Crippen molar-refractivity contribution in [1.82, 2.24) is 9.47 Å². The highest BCUT2D eigenvalue weighted by atomic mass is 32.2. The molecule has 0 unspecified atom stereocenters. The Balaban J connectivity index is 1.46. The molecular weight excluding hydrogens is 414 g/mol. The molecule has 0 atom stereocenters. The number of amides is 3. The second kappa shape index (κ2) is 8.69. The van der Waals surface area contributed by atoms with Crippen LogP contribution in [0.25, 0.3) is 17.0 Å². The van der Waals surface area contributed by atoms with Crippen LogP contribution in [0.4, 0.5) is 10.5 Å². The number of benzene rings is 2. The average Bonchev–Trinajstić information content (AvgIpc) is 3.21. The zero-order valence-corrected chi connectivity index (χ0v) is 17.9. The van der Waals surface area contributed by atoms with Gasteiger partial charge in [-0.25, -0.2) is 0 Å². The summed E-state index contributed by atoms with van der Waals surface area (Å²) in [5, 5.41) is 3.23. The lowest BCUT2D eigenvalue weighted by atomic mass is 10.1. The van der Waals surface area contributed by atoms with E-state index in [9.17, 15) is 14.4 Å². The molecular formula is C23H21N3O4S. The average molecular weight is 436 g/mol. The van der Waals surface area contributed by atoms with Gasteiger partial charge in [-0.1, -0.05) is 18.2 Å². The van der Waals surface area contributed by atoms with E-state index in [4.69, 9.17) is 4.74 Å². The number of fused-ring (bicyclic) bond motifs is 1. The van der Waals surface area contributed by atoms with Crippen LogP contribution in [0.5, 0.6) is 5.75 Å². The minimum absolute atomic E-state index is 0.301. The smallest absolute Gasteiger partial charge is 0.294 e. The molecule has 1 fully saturated rings. The number of aryl methyl sites for hydroxylation is 1. The van der Waals surface area contributed by atoms with Crippen molar-refractivity contribution in [2.75, 3.05) is 18.5 Å². The number of anilines is 1. The van der Waals surface area contributed by atoms with Crippen LogP contribution in [0.3, 0.4) is 0 Å². The maximum atomic E-state index is 12.8. The number of imide groups is 1. The van der Waals surface area contributed by atoms with Gasteiger partial charge in [0.1, 0.15) is 12.3 Å². The first-order chi connectivity index (χ1) is 15.0. The number of rotatable bonds is 6. The molecule has 31 heavy (non-hydrogen) atoms. The lowest BCUT2D eigenvalue weighted by Gasteiger charge is -2.12. The molecule has 158 valence electrons. The van der Waals surface area contributed by atoms with Gasteiger partial charge in [-0.2, -0.15) is 0 Å². The molecule has 0 saturated carbocycles. The molecule has 3 aromatic rings. The Kier molecular flexibility index (Phi) is 5.81. The fourth-order valence-electron chi connectivity index (χ4n) is 3.41. The van der Waals surface area contributed by atoms with Crippen LogP contribution in [0.2, 0.25) is 0 Å². The van der Waals surface area contributed by atoms with E-state index < -0.39 is 17.1 Å². The third kappa shape index (κ3) is 4.34. The standard InChI is InChI=1S/C23H21N3O4S/c1-3-30-17-10-8-16(9-11-17)24-21(27)14-26-22(28)20(31-23(26)29)12-15-13-25(2)19-7-5-4-6-18(15)19/h4-13H,3,14H2,1-2H3,(H,24,27)/b20-12+. The Bertz CT molecular complexity index is 1200. The molecule has 4 rings (SSSR count). The van der Waals surface area contributed by atoms with Crippen molar-refractivity contribution < 1.29 is 19.1 Å². The molecule has 0 spiro atoms. The van der Waals surface area contributed by atoms with Crippen LogP contribution < -0.4 is 10.1 Å². The quantitative estimate of drug-likeness (QED) is 0.586. The molecule has 2 heterocycles. The summed E-state index contributed by atoms with van der Waals surface area (Å²) in [5.74, 6) is -0.215. The van der Waals surface area contributed by atoms with E-state index in [2.05, 4.69) is 5.32 Å². The summed E-state index contributed by atoms with van der Waals surface area (Å²) in [4.78, 5) is 38.8. The first-order valence-corrected chi connectivity index (χ1v) is 10.6. The number of ether oxygens (including phenoxy) is 1. The number of aromatic nitrogens is 1. The number of carbonyl (C=O) groups is 3. The monoisotopic (exact) mass is 435 g/mol. The summed E-state index contributed by atoms with van der Waals surface area (Å²) in [6, 6.07) is 14.7. The number of carbonyl (C=O) groups excluding carboxylic acids is 3. The Morgan fingerprint density at radius 1 is 1.13 bits per heavy atom. The van der Waals surface area contributed by atoms with Gasteiger partial charge < -0.3 is 14.6 Å². The van der Waals surface area contributed by atoms with Crippen LogP contribution >= 0.6 is 11.8 Å². The number of thioether (sulfide) groups is 1. The first kappa shape index (κ1) is 20.7. The molecule has 8 heteroatoms. The van der Waals surface area contributed by atoms with Crippen LogP contribution in [0.1, 0.15) is 12.5 Å². The minimum atomic E-state index is -0.468. The van der Waals surface area contributed by atoms with E-state index in [0.29, 0.717) is 22.9 Å². The van der Waals surface area contributed by atoms with Crippen molar-refractivity contribution in [3.63, 3.8) is 0 Å². The van der Waals surface area contributed by atoms with Crippen molar-refractivity contribution >= 4 is 51.5 Å². The minimum Gasteiger partial charge on any atom is -0.494 e. The summed E-state index contributed by atoms with van der Waals surface area (Å²) in [7, 11) is 1.93. The van der Waals surface area contributed by atoms with E-state index in [0.717, 1.165) is 33.1 Å². The van der Waals surface area contributed by atoms with Crippen LogP contribution in [0, 0.1) is 0 Å². The van der Waals surface area contributed by atoms with Gasteiger partial charge in [-0.3, -0.25) is 19.3 Å². The lowest BCUT2D eigenvalue weighted by molar-refractivity contribution is -0.127. The van der Waals surface area contributed by atoms with E-state index in [-0.39, 0.29) is 6.54 Å². The number of hydrogen-bond donors (Lipinski definition) is 1. The van der Waals surface area contributed by atoms with Crippen molar-refractivity contribution in [1.29, 1.82) is 0 Å². The van der Waals surface area contributed by atoms with Gasteiger partial charge in [0.2, 0.25) is 5.91 Å². The summed E-state index contributed by atoms with van der Waals surface area (Å²) in [5.41, 5.74) is 2.44. The third-order valence-corrected chi connectivity index (χ3v) is 5.75. The van der Waals surface area contributed by atoms with E-state index in [1.807, 2.05) is 49.0 Å². The fraction of sp³-hybridized carbons (Fsp3) is 0.174. The molecule has 0 radical (unpaired) electrons. The molecule has 1 aromatic heterocycles. The van der Waals surface area contributed by atoms with Gasteiger partial charge >= 0.3 is 0 Å². The number of nitrogens with one attached hydrogen (secondary N) is 1. The molecule has 1 saturated heterocycles. The van der Waals surface area contributed by atoms with Gasteiger partial charge in [0, 0.05) is 35.4 Å². The Morgan fingerprint density at radius 3 is 2.61 bits per heavy atom. The van der Waals surface area contributed by atoms with Crippen LogP contribution in [-0.4, -0.2) is 39.7 Å². The highest BCUT2D eigenvalue weighted by molar-refractivity contribution is 8.18. The summed E-state index contributed by atoms with van der Waals surface area (Å²) in [6.07, 6.45) is 3.62. The molecule has 3 amide bonds. The molecule has 1 N–H and O–H groups in total. The van der Waals surface area contributed by atoms with Crippen LogP contribution in [-0.2, 0) is 16.6 Å². The summed E-state index contributed by atoms with van der Waals surface area (Å²) < 4.78 is 7.34. The molecule has 2 aromatic carbocycles. The second-order valence-electron chi connectivity index (χ2n) is 6.99. The second-order valence-corrected chi connectivity index (χ2v) is 7.98. The number of nitrogens with zero attached hydrogens (tertiary/aromatic N) is 2. The molecule has 1 aliphatic heterocycles. The van der Waals surface area contributed by atoms with Crippen molar-refractivity contribution in [2.45, 2.75) is 6.92 Å². The van der Waals surface area contributed by atoms with Crippen molar-refractivity contribution in [3.05, 3.63) is 65.2 Å². The maximum absolute atomic E-state index is 12.8. The SMILES string of the molecule is CCOc1ccc(NC(=O)CN2C(=O)S/C(=C/c3cn(C)c4ccccc34)C2=O)cc1. The fourth-order valence-corrected chi connectivity index (χ4v) is 4.24. The molecule has 0 bridgehead atoms. The number of hydrogen-bond acceptors (Lipinski definition) is 5. The van der Waals surface area contributed by atoms with Crippen molar-refractivity contribution in [3.8, 4) is 5.75 Å². The van der Waals surface area contributed by atoms with Gasteiger partial charge in [0.25, 0.3) is 11.1 Å². The Labute approximate surface area is 183 Å². The molecule has 0 aliphatic carbocycles. The lowest BCUT2D eigenvalue weighted by Crippen LogP contribution is -2.36. The Hall–Kier alpha value is -3.52. The van der Waals surface area contributed by atoms with Crippen LogP contribution in [0.15, 0.2) is 59.6 Å². The maximum Gasteiger partial charge on any atom is 0.294 e. The summed E-state index contributed by atoms with van der Waals surface area (Å²) >= 11 is 0.843. The predicted molar refractivity (Wildman–Crippen MR) is 122 cm³/mol. The third-order valence-electron chi connectivity index (χ3n) is 4.84. The molecule has 1 aliphatic rings. The summed E-state index contributed by atoms with van der Waals surface area (Å²) in [6.45, 7) is 2.10. The number of para-hydroxylation sites is 1. The van der Waals surface area contributed by atoms with Crippen molar-refractivity contribution in [2.24, 2.45) is 7.05 Å². The van der Waals surface area contributed by atoms with Gasteiger partial charge in [0.05, 0.1) is 11.5 Å². The topological polar surface area (TPSA) is 80.6 Å². The Morgan fingerprint density at radius 2 is 1.87 bits per heavy atom. The normalized spacial score (nSPS) is 15.2. The largest absolute Gasteiger partial charge is 0.494 e. The van der Waals surface area contributed by atoms with Gasteiger partial charge in [-0.05, 0) is 55.1 Å². The van der Waals surface area contributed by atoms with E-state index >= 15 is 0 Å². The first-order valence-electron chi connectivity index (χ1n) is 9.78.